The van der Waals surface area contributed by atoms with Crippen LogP contribution in [0.25, 0.3) is 0 Å². The Hall–Kier alpha value is -3.18. The minimum atomic E-state index is -0.590. The van der Waals surface area contributed by atoms with Crippen molar-refractivity contribution in [3.05, 3.63) is 98.4 Å². The van der Waals surface area contributed by atoms with E-state index in [1.807, 2.05) is 25.1 Å². The van der Waals surface area contributed by atoms with Gasteiger partial charge in [-0.15, -0.1) is 0 Å². The molecule has 1 aliphatic heterocycles. The highest BCUT2D eigenvalue weighted by atomic mass is 35.5. The quantitative estimate of drug-likeness (QED) is 0.342. The van der Waals surface area contributed by atoms with Gasteiger partial charge in [-0.3, -0.25) is 14.5 Å². The van der Waals surface area contributed by atoms with Crippen molar-refractivity contribution in [3.63, 3.8) is 0 Å². The lowest BCUT2D eigenvalue weighted by molar-refractivity contribution is -0.117. The fourth-order valence-electron chi connectivity index (χ4n) is 3.48. The highest BCUT2D eigenvalue weighted by molar-refractivity contribution is 8.05. The summed E-state index contributed by atoms with van der Waals surface area (Å²) in [7, 11) is 0. The number of rotatable bonds is 6. The van der Waals surface area contributed by atoms with Crippen LogP contribution in [0.4, 0.5) is 5.69 Å². The molecule has 1 N–H and O–H groups in total. The molecule has 0 bridgehead atoms. The minimum absolute atomic E-state index is 0.120. The lowest BCUT2D eigenvalue weighted by atomic mass is 10.1. The van der Waals surface area contributed by atoms with Gasteiger partial charge in [0, 0.05) is 15.7 Å². The fraction of sp³-hybridized carbons (Fsp3) is 0.160. The number of carbonyl (C=O) groups excluding carboxylic acids is 2. The molecule has 2 amide bonds. The molecule has 1 aromatic heterocycles. The molecule has 3 aromatic rings. The second-order valence-electron chi connectivity index (χ2n) is 7.61. The zero-order valence-electron chi connectivity index (χ0n) is 18.0. The first-order chi connectivity index (χ1) is 16.4. The maximum Gasteiger partial charge on any atom is 0.265 e. The van der Waals surface area contributed by atoms with Crippen LogP contribution < -0.4 is 10.2 Å². The van der Waals surface area contributed by atoms with E-state index in [0.29, 0.717) is 33.5 Å². The number of nitrogens with one attached hydrogen (secondary N) is 1. The smallest absolute Gasteiger partial charge is 0.265 e. The summed E-state index contributed by atoms with van der Waals surface area (Å²) in [6, 6.07) is 17.8. The highest BCUT2D eigenvalue weighted by Crippen LogP contribution is 2.42. The number of hydrogen-bond acceptors (Lipinski definition) is 5. The van der Waals surface area contributed by atoms with E-state index < -0.39 is 11.2 Å². The van der Waals surface area contributed by atoms with Crippen LogP contribution in [0.1, 0.15) is 16.9 Å². The third-order valence-corrected chi connectivity index (χ3v) is 7.08. The highest BCUT2D eigenvalue weighted by Gasteiger charge is 2.41. The number of amides is 2. The Morgan fingerprint density at radius 2 is 1.97 bits per heavy atom. The number of aryl methyl sites for hydroxylation is 1. The summed E-state index contributed by atoms with van der Waals surface area (Å²) in [5.74, 6) is -0.283. The molecule has 34 heavy (non-hydrogen) atoms. The monoisotopic (exact) mass is 511 g/mol. The Morgan fingerprint density at radius 3 is 2.65 bits per heavy atom. The summed E-state index contributed by atoms with van der Waals surface area (Å²) in [6.07, 6.45) is 1.79. The van der Waals surface area contributed by atoms with Gasteiger partial charge in [-0.2, -0.15) is 5.26 Å². The zero-order valence-corrected chi connectivity index (χ0v) is 20.4. The Morgan fingerprint density at radius 1 is 1.21 bits per heavy atom. The van der Waals surface area contributed by atoms with E-state index in [-0.39, 0.29) is 23.1 Å². The summed E-state index contributed by atoms with van der Waals surface area (Å²) in [4.78, 5) is 27.9. The number of anilines is 1. The van der Waals surface area contributed by atoms with Crippen molar-refractivity contribution >= 4 is 52.5 Å². The van der Waals surface area contributed by atoms with Crippen molar-refractivity contribution in [3.8, 4) is 6.07 Å². The predicted molar refractivity (Wildman–Crippen MR) is 133 cm³/mol. The molecular formula is C25H19Cl2N3O3S. The van der Waals surface area contributed by atoms with Crippen LogP contribution in [0.5, 0.6) is 0 Å². The molecule has 6 nitrogen and oxygen atoms in total. The molecule has 0 spiro atoms. The number of carbonyl (C=O) groups is 2. The maximum atomic E-state index is 13.5. The molecule has 1 unspecified atom stereocenters. The van der Waals surface area contributed by atoms with Crippen molar-refractivity contribution in [1.82, 2.24) is 5.32 Å². The third kappa shape index (κ3) is 5.15. The van der Waals surface area contributed by atoms with Crippen LogP contribution in [0, 0.1) is 18.3 Å². The van der Waals surface area contributed by atoms with Crippen molar-refractivity contribution in [2.24, 2.45) is 0 Å². The molecule has 4 rings (SSSR count). The molecule has 1 fully saturated rings. The number of halogens is 2. The van der Waals surface area contributed by atoms with Crippen LogP contribution in [-0.2, 0) is 22.6 Å². The average molecular weight is 512 g/mol. The average Bonchev–Trinajstić information content (AvgIpc) is 3.45. The number of hydrogen-bond donors (Lipinski definition) is 1. The summed E-state index contributed by atoms with van der Waals surface area (Å²) in [5.41, 5.74) is 2.16. The van der Waals surface area contributed by atoms with E-state index in [0.717, 1.165) is 5.56 Å². The standard InChI is InChI=1S/C25H19Cl2N3O3S/c1-15-4-7-18(8-5-15)30-24(32)22(12-16-11-17(26)6-9-21(16)27)34-25(30)20(13-28)23(31)29-14-19-3-2-10-33-19/h2-11,22H,12,14H2,1H3,(H,29,31)/b25-20+. The number of benzene rings is 2. The van der Waals surface area contributed by atoms with E-state index in [9.17, 15) is 14.9 Å². The Kier molecular flexibility index (Phi) is 7.32. The van der Waals surface area contributed by atoms with Gasteiger partial charge in [0.1, 0.15) is 22.4 Å². The molecule has 0 aliphatic carbocycles. The molecule has 9 heteroatoms. The lowest BCUT2D eigenvalue weighted by Crippen LogP contribution is -2.32. The van der Waals surface area contributed by atoms with E-state index in [2.05, 4.69) is 5.32 Å². The Bertz CT molecular complexity index is 1300. The predicted octanol–water partition coefficient (Wildman–Crippen LogP) is 5.64. The maximum absolute atomic E-state index is 13.5. The van der Waals surface area contributed by atoms with Crippen LogP contribution in [0.2, 0.25) is 10.0 Å². The second-order valence-corrected chi connectivity index (χ2v) is 9.64. The Balaban J connectivity index is 1.70. The van der Waals surface area contributed by atoms with Crippen molar-refractivity contribution < 1.29 is 14.0 Å². The summed E-state index contributed by atoms with van der Waals surface area (Å²) in [6.45, 7) is 2.06. The fourth-order valence-corrected chi connectivity index (χ4v) is 5.17. The van der Waals surface area contributed by atoms with Gasteiger partial charge in [-0.05, 0) is 61.4 Å². The van der Waals surface area contributed by atoms with Crippen LogP contribution in [0.3, 0.4) is 0 Å². The molecule has 1 saturated heterocycles. The van der Waals surface area contributed by atoms with E-state index >= 15 is 0 Å². The molecule has 2 heterocycles. The number of nitriles is 1. The normalized spacial score (nSPS) is 16.9. The topological polar surface area (TPSA) is 86.3 Å². The van der Waals surface area contributed by atoms with E-state index in [1.165, 1.54) is 22.9 Å². The largest absolute Gasteiger partial charge is 0.467 e. The first-order valence-electron chi connectivity index (χ1n) is 10.3. The van der Waals surface area contributed by atoms with Crippen LogP contribution >= 0.6 is 35.0 Å². The van der Waals surface area contributed by atoms with Crippen molar-refractivity contribution in [2.45, 2.75) is 25.1 Å². The zero-order chi connectivity index (χ0) is 24.2. The van der Waals surface area contributed by atoms with Gasteiger partial charge < -0.3 is 9.73 Å². The summed E-state index contributed by atoms with van der Waals surface area (Å²) < 4.78 is 5.24. The second kappa shape index (κ2) is 10.4. The van der Waals surface area contributed by atoms with Crippen molar-refractivity contribution in [1.29, 1.82) is 5.26 Å². The SMILES string of the molecule is Cc1ccc(N2C(=O)C(Cc3cc(Cl)ccc3Cl)S/C2=C(\C#N)C(=O)NCc2ccco2)cc1. The third-order valence-electron chi connectivity index (χ3n) is 5.21. The van der Waals surface area contributed by atoms with Gasteiger partial charge in [-0.1, -0.05) is 52.7 Å². The Labute approximate surface area is 211 Å². The minimum Gasteiger partial charge on any atom is -0.467 e. The molecule has 172 valence electrons. The number of furan rings is 1. The molecule has 0 saturated carbocycles. The van der Waals surface area contributed by atoms with Gasteiger partial charge in [-0.25, -0.2) is 0 Å². The molecule has 1 aliphatic rings. The molecule has 2 aromatic carbocycles. The molecular weight excluding hydrogens is 493 g/mol. The molecule has 0 radical (unpaired) electrons. The number of nitrogens with zero attached hydrogens (tertiary/aromatic N) is 2. The van der Waals surface area contributed by atoms with Crippen LogP contribution in [-0.4, -0.2) is 17.1 Å². The van der Waals surface area contributed by atoms with Gasteiger partial charge in [0.15, 0.2) is 0 Å². The lowest BCUT2D eigenvalue weighted by Gasteiger charge is -2.19. The van der Waals surface area contributed by atoms with E-state index in [4.69, 9.17) is 27.6 Å². The number of thioether (sulfide) groups is 1. The van der Waals surface area contributed by atoms with Crippen molar-refractivity contribution in [2.75, 3.05) is 4.90 Å². The van der Waals surface area contributed by atoms with Gasteiger partial charge in [0.05, 0.1) is 18.1 Å². The van der Waals surface area contributed by atoms with Gasteiger partial charge >= 0.3 is 0 Å². The summed E-state index contributed by atoms with van der Waals surface area (Å²) in [5, 5.41) is 13.3. The van der Waals surface area contributed by atoms with Crippen LogP contribution in [0.15, 0.2) is 75.9 Å². The summed E-state index contributed by atoms with van der Waals surface area (Å²) >= 11 is 13.6. The van der Waals surface area contributed by atoms with E-state index in [1.54, 1.807) is 42.5 Å². The van der Waals surface area contributed by atoms with Gasteiger partial charge in [0.2, 0.25) is 5.91 Å². The first kappa shape index (κ1) is 24.0. The first-order valence-corrected chi connectivity index (χ1v) is 12.0. The molecule has 1 atom stereocenters. The van der Waals surface area contributed by atoms with Gasteiger partial charge in [0.25, 0.3) is 5.91 Å².